The molecule has 0 aliphatic carbocycles. The lowest BCUT2D eigenvalue weighted by Crippen LogP contribution is -2.09. The van der Waals surface area contributed by atoms with E-state index >= 15 is 0 Å². The van der Waals surface area contributed by atoms with Gasteiger partial charge in [-0.1, -0.05) is 26.0 Å². The van der Waals surface area contributed by atoms with E-state index in [1.54, 1.807) is 0 Å². The van der Waals surface area contributed by atoms with E-state index in [2.05, 4.69) is 24.2 Å². The molecule has 0 N–H and O–H groups in total. The van der Waals surface area contributed by atoms with Gasteiger partial charge in [-0.25, -0.2) is 10.3 Å². The third-order valence-corrected chi connectivity index (χ3v) is 1.97. The molecular weight excluding hydrogens is 160 g/mol. The number of amidine groups is 1. The van der Waals surface area contributed by atoms with E-state index in [0.717, 1.165) is 23.6 Å². The lowest BCUT2D eigenvalue weighted by molar-refractivity contribution is 0.677. The summed E-state index contributed by atoms with van der Waals surface area (Å²) in [5, 5.41) is 4.44. The Morgan fingerprint density at radius 2 is 1.85 bits per heavy atom. The van der Waals surface area contributed by atoms with Crippen LogP contribution in [0.2, 0.25) is 0 Å². The Hall–Kier alpha value is -1.31. The molecule has 0 saturated carbocycles. The molecule has 1 aromatic carbocycles. The smallest absolute Gasteiger partial charge is 0.130 e. The lowest BCUT2D eigenvalue weighted by Gasteiger charge is -2.02. The van der Waals surface area contributed by atoms with E-state index in [4.69, 9.17) is 0 Å². The van der Waals surface area contributed by atoms with Crippen LogP contribution in [0.3, 0.4) is 0 Å². The van der Waals surface area contributed by atoms with Crippen molar-refractivity contribution < 1.29 is 0 Å². The minimum atomic E-state index is 0.622. The third-order valence-electron chi connectivity index (χ3n) is 1.97. The number of hydrogen-bond donors (Lipinski definition) is 0. The minimum absolute atomic E-state index is 0.622. The van der Waals surface area contributed by atoms with Crippen LogP contribution >= 0.6 is 0 Å². The van der Waals surface area contributed by atoms with Gasteiger partial charge in [-0.15, -0.1) is 0 Å². The first-order valence-corrected chi connectivity index (χ1v) is 4.64. The number of aliphatic imine (C=N–C) groups is 1. The minimum Gasteiger partial charge on any atom is -0.231 e. The summed E-state index contributed by atoms with van der Waals surface area (Å²) >= 11 is 0. The van der Waals surface area contributed by atoms with Crippen molar-refractivity contribution in [3.63, 3.8) is 0 Å². The average molecular weight is 173 g/mol. The van der Waals surface area contributed by atoms with Crippen LogP contribution in [0.4, 0.5) is 11.4 Å². The first-order chi connectivity index (χ1) is 6.25. The van der Waals surface area contributed by atoms with Crippen molar-refractivity contribution in [1.29, 1.82) is 0 Å². The molecule has 1 radical (unpaired) electrons. The second-order valence-electron chi connectivity index (χ2n) is 3.73. The fourth-order valence-corrected chi connectivity index (χ4v) is 1.41. The van der Waals surface area contributed by atoms with Gasteiger partial charge in [0, 0.05) is 6.42 Å². The molecule has 2 nitrogen and oxygen atoms in total. The van der Waals surface area contributed by atoms with Crippen LogP contribution in [-0.4, -0.2) is 5.84 Å². The summed E-state index contributed by atoms with van der Waals surface area (Å²) in [5.41, 5.74) is 2.02. The van der Waals surface area contributed by atoms with E-state index in [-0.39, 0.29) is 0 Å². The molecule has 0 fully saturated rings. The molecule has 0 aromatic heterocycles. The van der Waals surface area contributed by atoms with Gasteiger partial charge in [0.1, 0.15) is 5.84 Å². The number of benzene rings is 1. The van der Waals surface area contributed by atoms with Gasteiger partial charge in [0.2, 0.25) is 0 Å². The zero-order chi connectivity index (χ0) is 9.26. The predicted octanol–water partition coefficient (Wildman–Crippen LogP) is 3.01. The standard InChI is InChI=1S/C11H13N2/c1-8(2)7-11-12-9-5-3-4-6-10(9)13-11/h3-6,8H,7H2,1-2H3. The molecule has 1 aromatic rings. The molecule has 13 heavy (non-hydrogen) atoms. The van der Waals surface area contributed by atoms with Crippen molar-refractivity contribution >= 4 is 17.2 Å². The zero-order valence-electron chi connectivity index (χ0n) is 7.99. The molecule has 0 bridgehead atoms. The third kappa shape index (κ3) is 1.72. The van der Waals surface area contributed by atoms with Gasteiger partial charge in [0.25, 0.3) is 0 Å². The quantitative estimate of drug-likeness (QED) is 0.657. The lowest BCUT2D eigenvalue weighted by atomic mass is 10.1. The normalized spacial score (nSPS) is 13.9. The molecule has 0 unspecified atom stereocenters. The summed E-state index contributed by atoms with van der Waals surface area (Å²) in [6, 6.07) is 8.00. The van der Waals surface area contributed by atoms with Crippen LogP contribution in [0.15, 0.2) is 29.3 Å². The first kappa shape index (κ1) is 8.30. The van der Waals surface area contributed by atoms with Gasteiger partial charge < -0.3 is 0 Å². The summed E-state index contributed by atoms with van der Waals surface area (Å²) < 4.78 is 0. The van der Waals surface area contributed by atoms with E-state index in [1.165, 1.54) is 0 Å². The maximum Gasteiger partial charge on any atom is 0.130 e. The summed E-state index contributed by atoms with van der Waals surface area (Å²) in [7, 11) is 0. The van der Waals surface area contributed by atoms with Gasteiger partial charge in [-0.05, 0) is 18.1 Å². The fourth-order valence-electron chi connectivity index (χ4n) is 1.41. The Kier molecular flexibility index (Phi) is 2.05. The van der Waals surface area contributed by atoms with Crippen molar-refractivity contribution in [2.45, 2.75) is 20.3 Å². The van der Waals surface area contributed by atoms with Gasteiger partial charge >= 0.3 is 0 Å². The van der Waals surface area contributed by atoms with Gasteiger partial charge in [0.05, 0.1) is 11.4 Å². The number of para-hydroxylation sites is 2. The van der Waals surface area contributed by atoms with Crippen molar-refractivity contribution in [3.05, 3.63) is 24.3 Å². The second-order valence-corrected chi connectivity index (χ2v) is 3.73. The maximum absolute atomic E-state index is 4.44. The van der Waals surface area contributed by atoms with Crippen LogP contribution in [0.5, 0.6) is 0 Å². The molecule has 1 aliphatic rings. The first-order valence-electron chi connectivity index (χ1n) is 4.64. The van der Waals surface area contributed by atoms with E-state index < -0.39 is 0 Å². The van der Waals surface area contributed by atoms with Crippen LogP contribution in [-0.2, 0) is 0 Å². The highest BCUT2D eigenvalue weighted by Gasteiger charge is 2.15. The number of rotatable bonds is 2. The molecular formula is C11H13N2. The summed E-state index contributed by atoms with van der Waals surface area (Å²) in [5.74, 6) is 1.59. The summed E-state index contributed by atoms with van der Waals surface area (Å²) in [6.07, 6.45) is 0.967. The topological polar surface area (TPSA) is 26.5 Å². The van der Waals surface area contributed by atoms with Crippen LogP contribution < -0.4 is 5.32 Å². The molecule has 1 heterocycles. The number of fused-ring (bicyclic) bond motifs is 1. The number of nitrogens with zero attached hydrogens (tertiary/aromatic N) is 2. The Bertz CT molecular complexity index is 340. The molecule has 2 rings (SSSR count). The molecule has 0 amide bonds. The highest BCUT2D eigenvalue weighted by molar-refractivity contribution is 5.95. The monoisotopic (exact) mass is 173 g/mol. The van der Waals surface area contributed by atoms with Crippen LogP contribution in [0.25, 0.3) is 0 Å². The Morgan fingerprint density at radius 3 is 2.46 bits per heavy atom. The molecule has 0 spiro atoms. The van der Waals surface area contributed by atoms with Gasteiger partial charge in [-0.3, -0.25) is 0 Å². The van der Waals surface area contributed by atoms with E-state index in [1.807, 2.05) is 24.3 Å². The van der Waals surface area contributed by atoms with Gasteiger partial charge in [0.15, 0.2) is 0 Å². The van der Waals surface area contributed by atoms with Crippen LogP contribution in [0.1, 0.15) is 20.3 Å². The molecule has 0 atom stereocenters. The number of hydrogen-bond acceptors (Lipinski definition) is 1. The van der Waals surface area contributed by atoms with Crippen LogP contribution in [0, 0.1) is 5.92 Å². The van der Waals surface area contributed by atoms with E-state index in [9.17, 15) is 0 Å². The molecule has 1 aliphatic heterocycles. The fraction of sp³-hybridized carbons (Fsp3) is 0.364. The van der Waals surface area contributed by atoms with Crippen molar-refractivity contribution in [1.82, 2.24) is 5.32 Å². The maximum atomic E-state index is 4.44. The van der Waals surface area contributed by atoms with Crippen molar-refractivity contribution in [3.8, 4) is 0 Å². The largest absolute Gasteiger partial charge is 0.231 e. The Morgan fingerprint density at radius 1 is 1.15 bits per heavy atom. The van der Waals surface area contributed by atoms with E-state index in [0.29, 0.717) is 5.92 Å². The predicted molar refractivity (Wildman–Crippen MR) is 54.8 cm³/mol. The van der Waals surface area contributed by atoms with Crippen molar-refractivity contribution in [2.24, 2.45) is 10.9 Å². The molecule has 0 saturated heterocycles. The Labute approximate surface area is 78.7 Å². The Balaban J connectivity index is 2.17. The summed E-state index contributed by atoms with van der Waals surface area (Å²) in [4.78, 5) is 4.44. The highest BCUT2D eigenvalue weighted by atomic mass is 15.1. The second kappa shape index (κ2) is 3.21. The van der Waals surface area contributed by atoms with Crippen molar-refractivity contribution in [2.75, 3.05) is 0 Å². The summed E-state index contributed by atoms with van der Waals surface area (Å²) in [6.45, 7) is 4.36. The average Bonchev–Trinajstić information content (AvgIpc) is 2.44. The SMILES string of the molecule is CC(C)CC1=Nc2ccccc2[N]1. The highest BCUT2D eigenvalue weighted by Crippen LogP contribution is 2.30. The zero-order valence-corrected chi connectivity index (χ0v) is 7.99. The molecule has 2 heteroatoms. The molecule has 67 valence electrons. The van der Waals surface area contributed by atoms with Gasteiger partial charge in [-0.2, -0.15) is 0 Å².